The maximum atomic E-state index is 10.9. The molecule has 0 N–H and O–H groups in total. The summed E-state index contributed by atoms with van der Waals surface area (Å²) < 4.78 is 5.41. The summed E-state index contributed by atoms with van der Waals surface area (Å²) in [6.07, 6.45) is 1.36. The van der Waals surface area contributed by atoms with Gasteiger partial charge in [-0.15, -0.1) is 0 Å². The Kier molecular flexibility index (Phi) is 1.53. The lowest BCUT2D eigenvalue weighted by atomic mass is 10.3. The van der Waals surface area contributed by atoms with E-state index in [1.807, 2.05) is 18.2 Å². The molecule has 0 atom stereocenters. The van der Waals surface area contributed by atoms with Gasteiger partial charge < -0.3 is 4.42 Å². The molecule has 0 amide bonds. The van der Waals surface area contributed by atoms with Gasteiger partial charge in [0.1, 0.15) is 11.2 Å². The third-order valence-corrected chi connectivity index (χ3v) is 2.03. The van der Waals surface area contributed by atoms with Crippen LogP contribution in [0.15, 0.2) is 39.7 Å². The molecule has 15 heavy (non-hydrogen) atoms. The Morgan fingerprint density at radius 3 is 2.93 bits per heavy atom. The fraction of sp³-hybridized carbons (Fsp3) is 0. The van der Waals surface area contributed by atoms with Gasteiger partial charge in [0.25, 0.3) is 5.89 Å². The molecule has 5 nitrogen and oxygen atoms in total. The molecule has 0 radical (unpaired) electrons. The average molecular weight is 199 g/mol. The van der Waals surface area contributed by atoms with Crippen LogP contribution in [0, 0.1) is 0 Å². The second kappa shape index (κ2) is 2.84. The topological polar surface area (TPSA) is 68.9 Å². The summed E-state index contributed by atoms with van der Waals surface area (Å²) in [6, 6.07) is 7.29. The first-order chi connectivity index (χ1) is 7.33. The summed E-state index contributed by atoms with van der Waals surface area (Å²) in [4.78, 5) is 22.3. The summed E-state index contributed by atoms with van der Waals surface area (Å²) >= 11 is 0. The van der Waals surface area contributed by atoms with E-state index >= 15 is 0 Å². The van der Waals surface area contributed by atoms with E-state index in [4.69, 9.17) is 4.42 Å². The van der Waals surface area contributed by atoms with Crippen LogP contribution in [0.25, 0.3) is 22.7 Å². The molecule has 1 aromatic carbocycles. The maximum absolute atomic E-state index is 10.9. The maximum Gasteiger partial charge on any atom is 0.370 e. The summed E-state index contributed by atoms with van der Waals surface area (Å²) in [5, 5.41) is 0. The Bertz CT molecular complexity index is 662. The van der Waals surface area contributed by atoms with E-state index in [2.05, 4.69) is 15.0 Å². The van der Waals surface area contributed by atoms with Gasteiger partial charge in [0, 0.05) is 0 Å². The molecule has 72 valence electrons. The first-order valence-corrected chi connectivity index (χ1v) is 4.35. The van der Waals surface area contributed by atoms with Crippen LogP contribution < -0.4 is 5.69 Å². The molecular formula is C10H5N3O2. The summed E-state index contributed by atoms with van der Waals surface area (Å²) in [7, 11) is 0. The van der Waals surface area contributed by atoms with Crippen LogP contribution in [0.1, 0.15) is 0 Å². The first-order valence-electron chi connectivity index (χ1n) is 4.35. The molecule has 0 aliphatic carbocycles. The van der Waals surface area contributed by atoms with Gasteiger partial charge >= 0.3 is 5.69 Å². The van der Waals surface area contributed by atoms with Gasteiger partial charge in [-0.3, -0.25) is 0 Å². The minimum atomic E-state index is -0.566. The van der Waals surface area contributed by atoms with Crippen molar-refractivity contribution in [3.63, 3.8) is 0 Å². The van der Waals surface area contributed by atoms with Crippen molar-refractivity contribution in [2.75, 3.05) is 0 Å². The molecule has 0 unspecified atom stereocenters. The molecule has 5 heteroatoms. The van der Waals surface area contributed by atoms with Crippen molar-refractivity contribution in [2.24, 2.45) is 0 Å². The van der Waals surface area contributed by atoms with E-state index in [1.165, 1.54) is 6.20 Å². The normalized spacial score (nSPS) is 10.9. The Hall–Kier alpha value is -2.30. The van der Waals surface area contributed by atoms with Crippen LogP contribution >= 0.6 is 0 Å². The van der Waals surface area contributed by atoms with Crippen LogP contribution in [0.3, 0.4) is 0 Å². The monoisotopic (exact) mass is 199 g/mol. The lowest BCUT2D eigenvalue weighted by Crippen LogP contribution is -2.11. The minimum absolute atomic E-state index is 0.216. The van der Waals surface area contributed by atoms with Crippen LogP contribution in [-0.2, 0) is 0 Å². The van der Waals surface area contributed by atoms with Crippen molar-refractivity contribution in [1.82, 2.24) is 15.0 Å². The molecule has 0 saturated heterocycles. The second-order valence-electron chi connectivity index (χ2n) is 3.02. The zero-order chi connectivity index (χ0) is 10.3. The molecule has 0 spiro atoms. The predicted octanol–water partition coefficient (Wildman–Crippen LogP) is 1.08. The van der Waals surface area contributed by atoms with Crippen molar-refractivity contribution in [3.05, 3.63) is 40.9 Å². The zero-order valence-electron chi connectivity index (χ0n) is 7.54. The fourth-order valence-corrected chi connectivity index (χ4v) is 1.37. The number of fused-ring (bicyclic) bond motifs is 2. The highest BCUT2D eigenvalue weighted by molar-refractivity contribution is 5.74. The predicted molar refractivity (Wildman–Crippen MR) is 52.5 cm³/mol. The molecule has 1 aromatic rings. The SMILES string of the molecule is O=c1ncc2nc3ccccc3oc-2n1. The standard InChI is InChI=1S/C10H5N3O2/c14-10-11-5-7-9(13-10)15-8-4-2-1-3-6(8)12-7/h1-5H. The smallest absolute Gasteiger partial charge is 0.370 e. The van der Waals surface area contributed by atoms with E-state index in [0.29, 0.717) is 16.8 Å². The van der Waals surface area contributed by atoms with Gasteiger partial charge in [-0.25, -0.2) is 9.78 Å². The highest BCUT2D eigenvalue weighted by Gasteiger charge is 2.10. The molecule has 3 rings (SSSR count). The Balaban J connectivity index is 2.49. The molecule has 2 heterocycles. The molecular weight excluding hydrogens is 194 g/mol. The quantitative estimate of drug-likeness (QED) is 0.507. The van der Waals surface area contributed by atoms with Crippen molar-refractivity contribution in [2.45, 2.75) is 0 Å². The third-order valence-electron chi connectivity index (χ3n) is 2.03. The van der Waals surface area contributed by atoms with Crippen molar-refractivity contribution >= 4 is 11.1 Å². The largest absolute Gasteiger partial charge is 0.435 e. The average Bonchev–Trinajstić information content (AvgIpc) is 2.26. The second-order valence-corrected chi connectivity index (χ2v) is 3.02. The third kappa shape index (κ3) is 1.25. The van der Waals surface area contributed by atoms with Gasteiger partial charge in [-0.1, -0.05) is 12.1 Å². The summed E-state index contributed by atoms with van der Waals surface area (Å²) in [6.45, 7) is 0. The fourth-order valence-electron chi connectivity index (χ4n) is 1.37. The number of aromatic nitrogens is 3. The number of hydrogen-bond donors (Lipinski definition) is 0. The Labute approximate surface area is 83.8 Å². The molecule has 2 aliphatic rings. The van der Waals surface area contributed by atoms with E-state index in [9.17, 15) is 4.79 Å². The van der Waals surface area contributed by atoms with Crippen LogP contribution in [0.5, 0.6) is 0 Å². The molecule has 0 aromatic heterocycles. The number of hydrogen-bond acceptors (Lipinski definition) is 5. The Morgan fingerprint density at radius 1 is 1.13 bits per heavy atom. The van der Waals surface area contributed by atoms with Gasteiger partial charge in [-0.05, 0) is 12.1 Å². The molecule has 2 aliphatic heterocycles. The lowest BCUT2D eigenvalue weighted by Gasteiger charge is -2.02. The lowest BCUT2D eigenvalue weighted by molar-refractivity contribution is 0.587. The first kappa shape index (κ1) is 8.05. The van der Waals surface area contributed by atoms with Gasteiger partial charge in [-0.2, -0.15) is 9.97 Å². The summed E-state index contributed by atoms with van der Waals surface area (Å²) in [5.74, 6) is 0.216. The molecule has 0 fully saturated rings. The Morgan fingerprint density at radius 2 is 2.00 bits per heavy atom. The number of benzene rings is 1. The van der Waals surface area contributed by atoms with Crippen LogP contribution in [0.2, 0.25) is 0 Å². The number of nitrogens with zero attached hydrogens (tertiary/aromatic N) is 3. The number of para-hydroxylation sites is 2. The van der Waals surface area contributed by atoms with Gasteiger partial charge in [0.15, 0.2) is 5.58 Å². The van der Waals surface area contributed by atoms with Crippen molar-refractivity contribution in [1.29, 1.82) is 0 Å². The minimum Gasteiger partial charge on any atom is -0.435 e. The number of rotatable bonds is 0. The van der Waals surface area contributed by atoms with Gasteiger partial charge in [0.05, 0.1) is 6.20 Å². The van der Waals surface area contributed by atoms with E-state index in [1.54, 1.807) is 6.07 Å². The van der Waals surface area contributed by atoms with E-state index in [-0.39, 0.29) is 5.89 Å². The van der Waals surface area contributed by atoms with Crippen LogP contribution in [-0.4, -0.2) is 15.0 Å². The molecule has 0 saturated carbocycles. The van der Waals surface area contributed by atoms with Crippen molar-refractivity contribution < 1.29 is 4.42 Å². The summed E-state index contributed by atoms with van der Waals surface area (Å²) in [5.41, 5.74) is 1.23. The highest BCUT2D eigenvalue weighted by atomic mass is 16.3. The zero-order valence-corrected chi connectivity index (χ0v) is 7.54. The van der Waals surface area contributed by atoms with E-state index in [0.717, 1.165) is 0 Å². The van der Waals surface area contributed by atoms with Gasteiger partial charge in [0.2, 0.25) is 0 Å². The molecule has 0 bridgehead atoms. The van der Waals surface area contributed by atoms with Crippen molar-refractivity contribution in [3.8, 4) is 11.6 Å². The van der Waals surface area contributed by atoms with E-state index < -0.39 is 5.69 Å². The van der Waals surface area contributed by atoms with Crippen LogP contribution in [0.4, 0.5) is 0 Å². The highest BCUT2D eigenvalue weighted by Crippen LogP contribution is 2.20.